The van der Waals surface area contributed by atoms with Crippen LogP contribution in [0.1, 0.15) is 13.3 Å². The molecule has 0 N–H and O–H groups in total. The van der Waals surface area contributed by atoms with E-state index in [9.17, 15) is 26.3 Å². The van der Waals surface area contributed by atoms with Crippen molar-refractivity contribution in [2.24, 2.45) is 4.99 Å². The SMILES string of the molecule is C=C(/N=C(\C=C(/C)CC#N)C(F)(F)F)C(F)(F)F. The third kappa shape index (κ3) is 5.52. The standard InChI is InChI=1S/C10H8F6N2/c1-6(3-4-17)5-8(10(14,15)16)18-7(2)9(11,12)13/h5H,2-3H2,1H3/b6-5+,18-8+. The van der Waals surface area contributed by atoms with Crippen LogP contribution >= 0.6 is 0 Å². The first-order valence-electron chi connectivity index (χ1n) is 4.44. The van der Waals surface area contributed by atoms with E-state index < -0.39 is 23.8 Å². The van der Waals surface area contributed by atoms with E-state index in [2.05, 4.69) is 11.6 Å². The fraction of sp³-hybridized carbons (Fsp3) is 0.400. The first kappa shape index (κ1) is 16.2. The van der Waals surface area contributed by atoms with E-state index in [1.54, 1.807) is 6.07 Å². The van der Waals surface area contributed by atoms with E-state index in [-0.39, 0.29) is 12.0 Å². The predicted octanol–water partition coefficient (Wildman–Crippen LogP) is 3.93. The third-order valence-electron chi connectivity index (χ3n) is 1.61. The second-order valence-corrected chi connectivity index (χ2v) is 3.26. The Balaban J connectivity index is 5.43. The average molecular weight is 270 g/mol. The van der Waals surface area contributed by atoms with E-state index in [0.717, 1.165) is 0 Å². The normalized spacial score (nSPS) is 14.3. The van der Waals surface area contributed by atoms with Gasteiger partial charge in [-0.25, -0.2) is 4.99 Å². The lowest BCUT2D eigenvalue weighted by molar-refractivity contribution is -0.0926. The van der Waals surface area contributed by atoms with Crippen LogP contribution in [0.3, 0.4) is 0 Å². The lowest BCUT2D eigenvalue weighted by Crippen LogP contribution is -2.23. The minimum Gasteiger partial charge on any atom is -0.239 e. The number of rotatable bonds is 3. The van der Waals surface area contributed by atoms with Crippen molar-refractivity contribution in [2.45, 2.75) is 25.7 Å². The van der Waals surface area contributed by atoms with Crippen LogP contribution in [0.15, 0.2) is 28.9 Å². The van der Waals surface area contributed by atoms with Gasteiger partial charge in [-0.2, -0.15) is 31.6 Å². The summed E-state index contributed by atoms with van der Waals surface area (Å²) in [6.07, 6.45) is -10.0. The van der Waals surface area contributed by atoms with Gasteiger partial charge in [-0.15, -0.1) is 0 Å². The summed E-state index contributed by atoms with van der Waals surface area (Å²) in [5.41, 5.74) is -3.64. The molecule has 18 heavy (non-hydrogen) atoms. The second kappa shape index (κ2) is 5.71. The van der Waals surface area contributed by atoms with Crippen molar-refractivity contribution >= 4 is 5.71 Å². The van der Waals surface area contributed by atoms with Crippen LogP contribution in [-0.4, -0.2) is 18.1 Å². The minimum absolute atomic E-state index is 0.0523. The molecule has 0 aliphatic carbocycles. The van der Waals surface area contributed by atoms with Crippen LogP contribution in [0.2, 0.25) is 0 Å². The summed E-state index contributed by atoms with van der Waals surface area (Å²) in [5.74, 6) is 0. The van der Waals surface area contributed by atoms with E-state index in [1.807, 2.05) is 0 Å². The van der Waals surface area contributed by atoms with Gasteiger partial charge in [0.15, 0.2) is 0 Å². The number of allylic oxidation sites excluding steroid dienone is 3. The molecule has 0 rings (SSSR count). The minimum atomic E-state index is -5.05. The highest BCUT2D eigenvalue weighted by atomic mass is 19.4. The van der Waals surface area contributed by atoms with Crippen LogP contribution in [0.4, 0.5) is 26.3 Å². The number of nitrogens with zero attached hydrogens (tertiary/aromatic N) is 2. The smallest absolute Gasteiger partial charge is 0.239 e. The second-order valence-electron chi connectivity index (χ2n) is 3.26. The molecule has 0 bridgehead atoms. The van der Waals surface area contributed by atoms with Crippen molar-refractivity contribution in [1.29, 1.82) is 5.26 Å². The van der Waals surface area contributed by atoms with E-state index in [0.29, 0.717) is 6.08 Å². The fourth-order valence-electron chi connectivity index (χ4n) is 0.795. The van der Waals surface area contributed by atoms with Crippen molar-refractivity contribution in [3.05, 3.63) is 23.9 Å². The maximum Gasteiger partial charge on any atom is 0.433 e. The largest absolute Gasteiger partial charge is 0.433 e. The molecule has 0 heterocycles. The van der Waals surface area contributed by atoms with Crippen molar-refractivity contribution in [2.75, 3.05) is 0 Å². The summed E-state index contributed by atoms with van der Waals surface area (Å²) in [6.45, 7) is 3.61. The highest BCUT2D eigenvalue weighted by Crippen LogP contribution is 2.28. The lowest BCUT2D eigenvalue weighted by Gasteiger charge is -2.10. The van der Waals surface area contributed by atoms with Crippen LogP contribution in [0, 0.1) is 11.3 Å². The van der Waals surface area contributed by atoms with Gasteiger partial charge in [0.2, 0.25) is 0 Å². The molecule has 0 aromatic rings. The van der Waals surface area contributed by atoms with E-state index >= 15 is 0 Å². The van der Waals surface area contributed by atoms with Crippen molar-refractivity contribution in [3.63, 3.8) is 0 Å². The third-order valence-corrected chi connectivity index (χ3v) is 1.61. The Morgan fingerprint density at radius 2 is 1.72 bits per heavy atom. The molecule has 2 nitrogen and oxygen atoms in total. The molecule has 0 saturated heterocycles. The van der Waals surface area contributed by atoms with Gasteiger partial charge in [-0.3, -0.25) is 0 Å². The molecule has 0 aliphatic heterocycles. The first-order valence-corrected chi connectivity index (χ1v) is 4.44. The highest BCUT2D eigenvalue weighted by Gasteiger charge is 2.38. The number of hydrogen-bond acceptors (Lipinski definition) is 2. The Kier molecular flexibility index (Phi) is 5.14. The molecule has 0 saturated carbocycles. The summed E-state index contributed by atoms with van der Waals surface area (Å²) in [5, 5.41) is 8.25. The molecule has 0 spiro atoms. The molecule has 0 unspecified atom stereocenters. The van der Waals surface area contributed by atoms with Gasteiger partial charge in [0.25, 0.3) is 0 Å². The molecule has 0 aromatic carbocycles. The fourth-order valence-corrected chi connectivity index (χ4v) is 0.795. The Morgan fingerprint density at radius 3 is 2.06 bits per heavy atom. The summed E-state index contributed by atoms with van der Waals surface area (Å²) in [4.78, 5) is 2.43. The molecule has 0 amide bonds. The summed E-state index contributed by atoms with van der Waals surface area (Å²) in [6, 6.07) is 1.57. The molecule has 0 atom stereocenters. The van der Waals surface area contributed by atoms with Crippen LogP contribution < -0.4 is 0 Å². The van der Waals surface area contributed by atoms with Crippen LogP contribution in [-0.2, 0) is 0 Å². The van der Waals surface area contributed by atoms with Crippen LogP contribution in [0.5, 0.6) is 0 Å². The maximum absolute atomic E-state index is 12.4. The molecule has 100 valence electrons. The first-order chi connectivity index (χ1) is 7.98. The molecular formula is C10H8F6N2. The summed E-state index contributed by atoms with van der Waals surface area (Å²) >= 11 is 0. The van der Waals surface area contributed by atoms with E-state index in [1.165, 1.54) is 6.92 Å². The molecule has 0 aromatic heterocycles. The lowest BCUT2D eigenvalue weighted by atomic mass is 10.1. The summed E-state index contributed by atoms with van der Waals surface area (Å²) < 4.78 is 73.3. The Morgan fingerprint density at radius 1 is 1.22 bits per heavy atom. The number of aliphatic imine (C=N–C) groups is 1. The van der Waals surface area contributed by atoms with Gasteiger partial charge in [0, 0.05) is 0 Å². The zero-order valence-corrected chi connectivity index (χ0v) is 9.15. The zero-order valence-electron chi connectivity index (χ0n) is 9.15. The quantitative estimate of drug-likeness (QED) is 0.565. The molecule has 0 radical (unpaired) electrons. The Hall–Kier alpha value is -1.78. The van der Waals surface area contributed by atoms with Gasteiger partial charge >= 0.3 is 12.4 Å². The van der Waals surface area contributed by atoms with Gasteiger partial charge in [0.1, 0.15) is 11.4 Å². The Bertz CT molecular complexity index is 419. The number of hydrogen-bond donors (Lipinski definition) is 0. The number of alkyl halides is 6. The number of nitriles is 1. The zero-order chi connectivity index (χ0) is 14.6. The van der Waals surface area contributed by atoms with Gasteiger partial charge < -0.3 is 0 Å². The molecule has 8 heteroatoms. The van der Waals surface area contributed by atoms with Gasteiger partial charge in [-0.05, 0) is 13.0 Å². The van der Waals surface area contributed by atoms with Crippen LogP contribution in [0.25, 0.3) is 0 Å². The number of halogens is 6. The maximum atomic E-state index is 12.4. The Labute approximate surface area is 98.9 Å². The van der Waals surface area contributed by atoms with E-state index in [4.69, 9.17) is 5.26 Å². The molecule has 0 aliphatic rings. The highest BCUT2D eigenvalue weighted by molar-refractivity contribution is 6.00. The molecule has 0 fully saturated rings. The van der Waals surface area contributed by atoms with Gasteiger partial charge in [0.05, 0.1) is 12.5 Å². The predicted molar refractivity (Wildman–Crippen MR) is 52.7 cm³/mol. The summed E-state index contributed by atoms with van der Waals surface area (Å²) in [7, 11) is 0. The topological polar surface area (TPSA) is 36.1 Å². The molecular weight excluding hydrogens is 262 g/mol. The van der Waals surface area contributed by atoms with Crippen molar-refractivity contribution in [3.8, 4) is 6.07 Å². The van der Waals surface area contributed by atoms with Crippen molar-refractivity contribution in [1.82, 2.24) is 0 Å². The van der Waals surface area contributed by atoms with Crippen molar-refractivity contribution < 1.29 is 26.3 Å². The monoisotopic (exact) mass is 270 g/mol. The average Bonchev–Trinajstić information content (AvgIpc) is 2.13. The van der Waals surface area contributed by atoms with Gasteiger partial charge in [-0.1, -0.05) is 12.2 Å².